The van der Waals surface area contributed by atoms with Crippen LogP contribution in [-0.4, -0.2) is 7.11 Å². The Balaban J connectivity index is 1.25. The van der Waals surface area contributed by atoms with Gasteiger partial charge in [0.1, 0.15) is 11.6 Å². The van der Waals surface area contributed by atoms with Crippen LogP contribution >= 0.6 is 0 Å². The van der Waals surface area contributed by atoms with Crippen molar-refractivity contribution in [2.75, 3.05) is 7.11 Å². The van der Waals surface area contributed by atoms with Crippen LogP contribution in [-0.2, 0) is 0 Å². The minimum Gasteiger partial charge on any atom is -0.497 e. The van der Waals surface area contributed by atoms with Gasteiger partial charge in [0.2, 0.25) is 0 Å². The predicted molar refractivity (Wildman–Crippen MR) is 123 cm³/mol. The maximum Gasteiger partial charge on any atom is 0.130 e. The largest absolute Gasteiger partial charge is 0.497 e. The van der Waals surface area contributed by atoms with Gasteiger partial charge in [0, 0.05) is 6.07 Å². The highest BCUT2D eigenvalue weighted by Crippen LogP contribution is 2.50. The van der Waals surface area contributed by atoms with Gasteiger partial charge in [-0.25, -0.2) is 4.39 Å². The van der Waals surface area contributed by atoms with E-state index in [1.54, 1.807) is 13.2 Å². The van der Waals surface area contributed by atoms with Gasteiger partial charge in [-0.3, -0.25) is 0 Å². The molecule has 168 valence electrons. The van der Waals surface area contributed by atoms with Gasteiger partial charge in [0.05, 0.1) is 7.11 Å². The molecule has 3 fully saturated rings. The average Bonchev–Trinajstić information content (AvgIpc) is 2.79. The zero-order valence-electron chi connectivity index (χ0n) is 19.4. The molecule has 3 saturated carbocycles. The summed E-state index contributed by atoms with van der Waals surface area (Å²) in [5.41, 5.74) is 0.916. The van der Waals surface area contributed by atoms with E-state index in [1.807, 2.05) is 12.1 Å². The smallest absolute Gasteiger partial charge is 0.130 e. The number of unbranched alkanes of at least 4 members (excludes halogenated alkanes) is 2. The highest BCUT2D eigenvalue weighted by molar-refractivity contribution is 5.31. The number of benzene rings is 1. The molecule has 3 aliphatic rings. The first-order valence-corrected chi connectivity index (χ1v) is 13.0. The summed E-state index contributed by atoms with van der Waals surface area (Å²) in [5.74, 6) is 5.88. The first-order valence-electron chi connectivity index (χ1n) is 13.0. The molecule has 0 bridgehead atoms. The zero-order valence-corrected chi connectivity index (χ0v) is 19.4. The number of hydrogen-bond acceptors (Lipinski definition) is 1. The van der Waals surface area contributed by atoms with E-state index in [1.165, 1.54) is 77.0 Å². The van der Waals surface area contributed by atoms with Gasteiger partial charge in [0.25, 0.3) is 0 Å². The monoisotopic (exact) mass is 414 g/mol. The fourth-order valence-electron chi connectivity index (χ4n) is 7.26. The number of hydrogen-bond donors (Lipinski definition) is 0. The van der Waals surface area contributed by atoms with Gasteiger partial charge in [0.15, 0.2) is 0 Å². The van der Waals surface area contributed by atoms with Gasteiger partial charge in [-0.2, -0.15) is 0 Å². The normalized spacial score (nSPS) is 34.4. The molecule has 30 heavy (non-hydrogen) atoms. The summed E-state index contributed by atoms with van der Waals surface area (Å²) in [6.07, 6.45) is 19.7. The molecule has 2 heteroatoms. The van der Waals surface area contributed by atoms with Crippen LogP contribution in [0.1, 0.15) is 108 Å². The summed E-state index contributed by atoms with van der Waals surface area (Å²) >= 11 is 0. The lowest BCUT2D eigenvalue weighted by Crippen LogP contribution is -2.34. The summed E-state index contributed by atoms with van der Waals surface area (Å²) in [5, 5.41) is 0. The molecule has 0 heterocycles. The third-order valence-corrected chi connectivity index (χ3v) is 9.06. The van der Waals surface area contributed by atoms with Crippen LogP contribution in [0.15, 0.2) is 18.2 Å². The van der Waals surface area contributed by atoms with E-state index >= 15 is 0 Å². The number of rotatable bonds is 7. The Hall–Kier alpha value is -1.05. The van der Waals surface area contributed by atoms with Crippen LogP contribution in [0.5, 0.6) is 5.75 Å². The molecule has 0 radical (unpaired) electrons. The highest BCUT2D eigenvalue weighted by atomic mass is 19.1. The predicted octanol–water partition coefficient (Wildman–Crippen LogP) is 8.52. The SMILES string of the molecule is CCCCCC1CCC2CC(C3CCC(c4ccc(OC)cc4F)CC3)CCC2C1. The van der Waals surface area contributed by atoms with Crippen molar-refractivity contribution in [3.8, 4) is 5.75 Å². The summed E-state index contributed by atoms with van der Waals surface area (Å²) in [6, 6.07) is 5.44. The minimum atomic E-state index is -0.0750. The molecular weight excluding hydrogens is 371 g/mol. The van der Waals surface area contributed by atoms with E-state index in [0.29, 0.717) is 11.7 Å². The van der Waals surface area contributed by atoms with Gasteiger partial charge in [-0.1, -0.05) is 45.1 Å². The molecule has 4 atom stereocenters. The first-order chi connectivity index (χ1) is 14.7. The average molecular weight is 415 g/mol. The Kier molecular flexibility index (Phi) is 7.76. The maximum absolute atomic E-state index is 14.5. The Morgan fingerprint density at radius 1 is 0.833 bits per heavy atom. The number of fused-ring (bicyclic) bond motifs is 1. The summed E-state index contributed by atoms with van der Waals surface area (Å²) in [4.78, 5) is 0. The van der Waals surface area contributed by atoms with Crippen molar-refractivity contribution in [1.82, 2.24) is 0 Å². The van der Waals surface area contributed by atoms with Crippen LogP contribution in [0.25, 0.3) is 0 Å². The molecule has 4 unspecified atom stereocenters. The first kappa shape index (κ1) is 22.2. The van der Waals surface area contributed by atoms with Crippen molar-refractivity contribution in [1.29, 1.82) is 0 Å². The van der Waals surface area contributed by atoms with Gasteiger partial charge >= 0.3 is 0 Å². The molecule has 0 saturated heterocycles. The van der Waals surface area contributed by atoms with Crippen LogP contribution in [0.2, 0.25) is 0 Å². The molecule has 0 aromatic heterocycles. The zero-order chi connectivity index (χ0) is 20.9. The van der Waals surface area contributed by atoms with Gasteiger partial charge < -0.3 is 4.74 Å². The van der Waals surface area contributed by atoms with Crippen molar-refractivity contribution < 1.29 is 9.13 Å². The Morgan fingerprint density at radius 3 is 2.20 bits per heavy atom. The summed E-state index contributed by atoms with van der Waals surface area (Å²) < 4.78 is 19.7. The summed E-state index contributed by atoms with van der Waals surface area (Å²) in [7, 11) is 1.60. The topological polar surface area (TPSA) is 9.23 Å². The molecule has 1 aromatic rings. The van der Waals surface area contributed by atoms with Gasteiger partial charge in [-0.05, 0) is 105 Å². The van der Waals surface area contributed by atoms with Crippen LogP contribution in [0.3, 0.4) is 0 Å². The number of methoxy groups -OCH3 is 1. The lowest BCUT2D eigenvalue weighted by Gasteiger charge is -2.45. The highest BCUT2D eigenvalue weighted by Gasteiger charge is 2.38. The van der Waals surface area contributed by atoms with E-state index in [4.69, 9.17) is 4.74 Å². The Morgan fingerprint density at radius 2 is 1.50 bits per heavy atom. The molecule has 1 nitrogen and oxygen atoms in total. The van der Waals surface area contributed by atoms with Crippen molar-refractivity contribution in [2.24, 2.45) is 29.6 Å². The standard InChI is InChI=1S/C28H43FO/c1-3-4-5-6-20-7-8-25-18-24(14-13-23(25)17-20)21-9-11-22(12-10-21)27-16-15-26(30-2)19-28(27)29/h15-16,19-25H,3-14,17-18H2,1-2H3. The van der Waals surface area contributed by atoms with Crippen LogP contribution in [0, 0.1) is 35.4 Å². The quantitative estimate of drug-likeness (QED) is 0.406. The molecule has 4 rings (SSSR count). The summed E-state index contributed by atoms with van der Waals surface area (Å²) in [6.45, 7) is 2.32. The van der Waals surface area contributed by atoms with Crippen LogP contribution < -0.4 is 4.74 Å². The van der Waals surface area contributed by atoms with E-state index < -0.39 is 0 Å². The molecule has 0 aliphatic heterocycles. The lowest BCUT2D eigenvalue weighted by molar-refractivity contribution is 0.0613. The molecule has 0 amide bonds. The molecule has 3 aliphatic carbocycles. The van der Waals surface area contributed by atoms with E-state index in [9.17, 15) is 4.39 Å². The minimum absolute atomic E-state index is 0.0750. The third-order valence-electron chi connectivity index (χ3n) is 9.06. The fraction of sp³-hybridized carbons (Fsp3) is 0.786. The Bertz CT molecular complexity index is 663. The second-order valence-electron chi connectivity index (χ2n) is 10.8. The van der Waals surface area contributed by atoms with Gasteiger partial charge in [-0.15, -0.1) is 0 Å². The lowest BCUT2D eigenvalue weighted by atomic mass is 9.60. The second kappa shape index (κ2) is 10.5. The van der Waals surface area contributed by atoms with Crippen molar-refractivity contribution in [3.63, 3.8) is 0 Å². The molecule has 0 N–H and O–H groups in total. The second-order valence-corrected chi connectivity index (χ2v) is 10.8. The number of ether oxygens (including phenoxy) is 1. The number of halogens is 1. The van der Waals surface area contributed by atoms with Crippen molar-refractivity contribution in [3.05, 3.63) is 29.6 Å². The van der Waals surface area contributed by atoms with Crippen LogP contribution in [0.4, 0.5) is 4.39 Å². The molecule has 1 aromatic carbocycles. The van der Waals surface area contributed by atoms with E-state index in [2.05, 4.69) is 6.92 Å². The maximum atomic E-state index is 14.5. The Labute approximate surface area is 184 Å². The molecule has 0 spiro atoms. The van der Waals surface area contributed by atoms with E-state index in [0.717, 1.165) is 48.0 Å². The third kappa shape index (κ3) is 5.22. The molecular formula is C28H43FO. The van der Waals surface area contributed by atoms with Crippen molar-refractivity contribution in [2.45, 2.75) is 103 Å². The van der Waals surface area contributed by atoms with Crippen molar-refractivity contribution >= 4 is 0 Å². The fourth-order valence-corrected chi connectivity index (χ4v) is 7.26. The van der Waals surface area contributed by atoms with E-state index in [-0.39, 0.29) is 5.82 Å².